The number of furan rings is 1. The third-order valence-corrected chi connectivity index (χ3v) is 4.85. The summed E-state index contributed by atoms with van der Waals surface area (Å²) < 4.78 is 5.35. The van der Waals surface area contributed by atoms with Gasteiger partial charge in [-0.15, -0.1) is 11.3 Å². The first kappa shape index (κ1) is 14.1. The molecular formula is C18H17N3OS. The zero-order chi connectivity index (χ0) is 15.8. The first-order valence-corrected chi connectivity index (χ1v) is 8.35. The van der Waals surface area contributed by atoms with E-state index in [9.17, 15) is 0 Å². The first-order valence-electron chi connectivity index (χ1n) is 7.54. The van der Waals surface area contributed by atoms with Gasteiger partial charge in [-0.25, -0.2) is 4.98 Å². The van der Waals surface area contributed by atoms with Crippen molar-refractivity contribution >= 4 is 27.4 Å². The molecule has 2 N–H and O–H groups in total. The van der Waals surface area contributed by atoms with Gasteiger partial charge in [-0.3, -0.25) is 0 Å². The van der Waals surface area contributed by atoms with E-state index in [4.69, 9.17) is 9.40 Å². The molecule has 4 aromatic rings. The maximum absolute atomic E-state index is 5.35. The van der Waals surface area contributed by atoms with Crippen LogP contribution in [0.25, 0.3) is 22.2 Å². The van der Waals surface area contributed by atoms with Crippen LogP contribution >= 0.6 is 11.3 Å². The number of H-pyrrole nitrogens is 1. The molecule has 0 spiro atoms. The van der Waals surface area contributed by atoms with E-state index in [2.05, 4.69) is 42.3 Å². The van der Waals surface area contributed by atoms with Crippen molar-refractivity contribution in [2.75, 3.05) is 5.32 Å². The van der Waals surface area contributed by atoms with Crippen molar-refractivity contribution in [1.29, 1.82) is 0 Å². The number of thiazole rings is 1. The zero-order valence-corrected chi connectivity index (χ0v) is 13.8. The predicted octanol–water partition coefficient (Wildman–Crippen LogP) is 5.11. The molecule has 23 heavy (non-hydrogen) atoms. The second kappa shape index (κ2) is 5.59. The van der Waals surface area contributed by atoms with Crippen molar-refractivity contribution in [3.05, 3.63) is 59.0 Å². The van der Waals surface area contributed by atoms with Crippen molar-refractivity contribution in [3.63, 3.8) is 0 Å². The Labute approximate surface area is 138 Å². The summed E-state index contributed by atoms with van der Waals surface area (Å²) in [5.74, 6) is 0.905. The third-order valence-electron chi connectivity index (χ3n) is 3.92. The van der Waals surface area contributed by atoms with Crippen LogP contribution in [0.15, 0.2) is 47.1 Å². The van der Waals surface area contributed by atoms with Crippen LogP contribution in [0.4, 0.5) is 5.13 Å². The number of aromatic amines is 1. The zero-order valence-electron chi connectivity index (χ0n) is 13.0. The number of aryl methyl sites for hydroxylation is 2. The number of hydrogen-bond acceptors (Lipinski definition) is 4. The number of hydrogen-bond donors (Lipinski definition) is 2. The fourth-order valence-corrected chi connectivity index (χ4v) is 3.68. The molecule has 0 bridgehead atoms. The Morgan fingerprint density at radius 3 is 2.87 bits per heavy atom. The van der Waals surface area contributed by atoms with Gasteiger partial charge in [0.25, 0.3) is 0 Å². The Hall–Kier alpha value is -2.53. The molecule has 0 aliphatic carbocycles. The average molecular weight is 323 g/mol. The lowest BCUT2D eigenvalue weighted by Crippen LogP contribution is -1.97. The number of rotatable bonds is 4. The minimum Gasteiger partial charge on any atom is -0.467 e. The Morgan fingerprint density at radius 2 is 2.04 bits per heavy atom. The molecule has 0 atom stereocenters. The molecule has 0 amide bonds. The lowest BCUT2D eigenvalue weighted by Gasteiger charge is -2.00. The van der Waals surface area contributed by atoms with E-state index in [0.717, 1.165) is 27.8 Å². The van der Waals surface area contributed by atoms with Gasteiger partial charge in [-0.2, -0.15) is 0 Å². The van der Waals surface area contributed by atoms with Crippen molar-refractivity contribution in [2.24, 2.45) is 0 Å². The molecule has 116 valence electrons. The van der Waals surface area contributed by atoms with Crippen LogP contribution in [-0.2, 0) is 6.54 Å². The minimum atomic E-state index is 0.645. The van der Waals surface area contributed by atoms with E-state index in [1.807, 2.05) is 18.2 Å². The molecular weight excluding hydrogens is 306 g/mol. The number of nitrogens with zero attached hydrogens (tertiary/aromatic N) is 1. The predicted molar refractivity (Wildman–Crippen MR) is 94.9 cm³/mol. The summed E-state index contributed by atoms with van der Waals surface area (Å²) in [6.45, 7) is 4.86. The van der Waals surface area contributed by atoms with Gasteiger partial charge in [0, 0.05) is 27.0 Å². The van der Waals surface area contributed by atoms with Gasteiger partial charge in [-0.05, 0) is 32.0 Å². The summed E-state index contributed by atoms with van der Waals surface area (Å²) in [5, 5.41) is 5.48. The third kappa shape index (κ3) is 2.53. The molecule has 0 aliphatic rings. The maximum Gasteiger partial charge on any atom is 0.183 e. The van der Waals surface area contributed by atoms with Crippen LogP contribution in [0, 0.1) is 13.8 Å². The van der Waals surface area contributed by atoms with Crippen molar-refractivity contribution in [2.45, 2.75) is 20.4 Å². The van der Waals surface area contributed by atoms with E-state index in [-0.39, 0.29) is 0 Å². The highest BCUT2D eigenvalue weighted by molar-refractivity contribution is 7.16. The molecule has 4 rings (SSSR count). The summed E-state index contributed by atoms with van der Waals surface area (Å²) in [6, 6.07) is 12.2. The number of nitrogens with one attached hydrogen (secondary N) is 2. The quantitative estimate of drug-likeness (QED) is 0.548. The fourth-order valence-electron chi connectivity index (χ4n) is 2.86. The summed E-state index contributed by atoms with van der Waals surface area (Å²) in [6.07, 6.45) is 1.69. The maximum atomic E-state index is 5.35. The lowest BCUT2D eigenvalue weighted by molar-refractivity contribution is 0.518. The van der Waals surface area contributed by atoms with Crippen molar-refractivity contribution in [1.82, 2.24) is 9.97 Å². The smallest absolute Gasteiger partial charge is 0.183 e. The monoisotopic (exact) mass is 323 g/mol. The SMILES string of the molecule is Cc1[nH]c2ccccc2c1-c1nc(NCc2ccco2)sc1C. The fraction of sp³-hybridized carbons (Fsp3) is 0.167. The number of fused-ring (bicyclic) bond motifs is 1. The largest absolute Gasteiger partial charge is 0.467 e. The van der Waals surface area contributed by atoms with Crippen LogP contribution in [-0.4, -0.2) is 9.97 Å². The summed E-state index contributed by atoms with van der Waals surface area (Å²) in [7, 11) is 0. The number of benzene rings is 1. The molecule has 1 aromatic carbocycles. The van der Waals surface area contributed by atoms with E-state index in [1.54, 1.807) is 17.6 Å². The molecule has 0 aliphatic heterocycles. The standard InChI is InChI=1S/C18H17N3OS/c1-11-16(14-7-3-4-8-15(14)20-11)17-12(2)23-18(21-17)19-10-13-6-5-9-22-13/h3-9,20H,10H2,1-2H3,(H,19,21). The van der Waals surface area contributed by atoms with Gasteiger partial charge in [0.1, 0.15) is 5.76 Å². The second-order valence-corrected chi connectivity index (χ2v) is 6.73. The second-order valence-electron chi connectivity index (χ2n) is 5.53. The Balaban J connectivity index is 1.70. The van der Waals surface area contributed by atoms with Crippen LogP contribution in [0.2, 0.25) is 0 Å². The van der Waals surface area contributed by atoms with E-state index < -0.39 is 0 Å². The normalized spacial score (nSPS) is 11.2. The van der Waals surface area contributed by atoms with Gasteiger partial charge in [0.05, 0.1) is 18.5 Å². The summed E-state index contributed by atoms with van der Waals surface area (Å²) >= 11 is 1.67. The van der Waals surface area contributed by atoms with Crippen molar-refractivity contribution < 1.29 is 4.42 Å². The van der Waals surface area contributed by atoms with Gasteiger partial charge in [0.15, 0.2) is 5.13 Å². The van der Waals surface area contributed by atoms with E-state index >= 15 is 0 Å². The number of para-hydroxylation sites is 1. The van der Waals surface area contributed by atoms with Crippen LogP contribution in [0.3, 0.4) is 0 Å². The number of aromatic nitrogens is 2. The van der Waals surface area contributed by atoms with Crippen molar-refractivity contribution in [3.8, 4) is 11.3 Å². The molecule has 4 nitrogen and oxygen atoms in total. The highest BCUT2D eigenvalue weighted by atomic mass is 32.1. The Morgan fingerprint density at radius 1 is 1.17 bits per heavy atom. The molecule has 0 unspecified atom stereocenters. The molecule has 0 saturated heterocycles. The highest BCUT2D eigenvalue weighted by Crippen LogP contribution is 2.37. The van der Waals surface area contributed by atoms with Gasteiger partial charge >= 0.3 is 0 Å². The minimum absolute atomic E-state index is 0.645. The van der Waals surface area contributed by atoms with Crippen LogP contribution in [0.1, 0.15) is 16.3 Å². The molecule has 5 heteroatoms. The molecule has 3 heterocycles. The van der Waals surface area contributed by atoms with Gasteiger partial charge in [-0.1, -0.05) is 18.2 Å². The number of anilines is 1. The Bertz CT molecular complexity index is 950. The Kier molecular flexibility index (Phi) is 3.42. The molecule has 0 saturated carbocycles. The highest BCUT2D eigenvalue weighted by Gasteiger charge is 2.16. The van der Waals surface area contributed by atoms with E-state index in [0.29, 0.717) is 6.54 Å². The lowest BCUT2D eigenvalue weighted by atomic mass is 10.1. The average Bonchev–Trinajstić information content (AvgIpc) is 3.23. The summed E-state index contributed by atoms with van der Waals surface area (Å²) in [5.41, 5.74) is 4.54. The topological polar surface area (TPSA) is 53.9 Å². The van der Waals surface area contributed by atoms with Gasteiger partial charge in [0.2, 0.25) is 0 Å². The molecule has 0 fully saturated rings. The van der Waals surface area contributed by atoms with E-state index in [1.165, 1.54) is 15.8 Å². The van der Waals surface area contributed by atoms with Gasteiger partial charge < -0.3 is 14.7 Å². The van der Waals surface area contributed by atoms with Crippen LogP contribution in [0.5, 0.6) is 0 Å². The summed E-state index contributed by atoms with van der Waals surface area (Å²) in [4.78, 5) is 9.46. The van der Waals surface area contributed by atoms with Crippen LogP contribution < -0.4 is 5.32 Å². The molecule has 3 aromatic heterocycles. The molecule has 0 radical (unpaired) electrons. The first-order chi connectivity index (χ1) is 11.2.